The van der Waals surface area contributed by atoms with Crippen LogP contribution in [0, 0.1) is 0 Å². The number of anilines is 1. The second-order valence-electron chi connectivity index (χ2n) is 3.21. The molecule has 0 unspecified atom stereocenters. The van der Waals surface area contributed by atoms with Crippen molar-refractivity contribution in [1.29, 1.82) is 0 Å². The smallest absolute Gasteiger partial charge is 0.175 e. The van der Waals surface area contributed by atoms with Gasteiger partial charge in [0.05, 0.1) is 12.3 Å². The van der Waals surface area contributed by atoms with Gasteiger partial charge in [0, 0.05) is 13.6 Å². The van der Waals surface area contributed by atoms with Crippen molar-refractivity contribution in [2.24, 2.45) is 0 Å². The van der Waals surface area contributed by atoms with E-state index < -0.39 is 0 Å². The Balaban J connectivity index is 2.53. The molecule has 0 spiro atoms. The summed E-state index contributed by atoms with van der Waals surface area (Å²) in [7, 11) is 2.06. The summed E-state index contributed by atoms with van der Waals surface area (Å²) >= 11 is 6.77. The molecule has 0 aliphatic carbocycles. The van der Waals surface area contributed by atoms with Crippen LogP contribution in [0.4, 0.5) is 5.69 Å². The number of rotatable bonds is 0. The van der Waals surface area contributed by atoms with E-state index in [0.29, 0.717) is 0 Å². The maximum absolute atomic E-state index is 5.63. The van der Waals surface area contributed by atoms with Gasteiger partial charge in [-0.15, -0.1) is 0 Å². The Labute approximate surface area is 99.7 Å². The van der Waals surface area contributed by atoms with Gasteiger partial charge in [0.1, 0.15) is 4.60 Å². The molecule has 2 rings (SSSR count). The number of aromatic nitrogens is 1. The quantitative estimate of drug-likeness (QED) is 0.687. The summed E-state index contributed by atoms with van der Waals surface area (Å²) < 4.78 is 7.21. The lowest BCUT2D eigenvalue weighted by Crippen LogP contribution is -2.17. The van der Waals surface area contributed by atoms with E-state index in [-0.39, 0.29) is 0 Å². The molecule has 3 nitrogen and oxygen atoms in total. The van der Waals surface area contributed by atoms with Gasteiger partial charge in [-0.05, 0) is 44.3 Å². The molecule has 0 amide bonds. The van der Waals surface area contributed by atoms with Crippen molar-refractivity contribution in [1.82, 2.24) is 4.98 Å². The first kappa shape index (κ1) is 10.2. The average molecular weight is 322 g/mol. The highest BCUT2D eigenvalue weighted by Crippen LogP contribution is 2.37. The Hall–Kier alpha value is -0.290. The lowest BCUT2D eigenvalue weighted by molar-refractivity contribution is 0.319. The second-order valence-corrected chi connectivity index (χ2v) is 4.77. The first-order valence-electron chi connectivity index (χ1n) is 4.38. The average Bonchev–Trinajstić information content (AvgIpc) is 2.29. The molecule has 14 heavy (non-hydrogen) atoms. The molecule has 0 fully saturated rings. The second kappa shape index (κ2) is 4.06. The van der Waals surface area contributed by atoms with Gasteiger partial charge < -0.3 is 9.64 Å². The molecule has 1 aromatic rings. The lowest BCUT2D eigenvalue weighted by atomic mass is 10.3. The minimum atomic E-state index is 0.749. The van der Waals surface area contributed by atoms with E-state index in [1.165, 1.54) is 0 Å². The van der Waals surface area contributed by atoms with Crippen LogP contribution in [-0.2, 0) is 0 Å². The summed E-state index contributed by atoms with van der Waals surface area (Å²) in [5, 5.41) is 0. The molecule has 2 heterocycles. The minimum Gasteiger partial charge on any atom is -0.488 e. The molecule has 76 valence electrons. The summed E-state index contributed by atoms with van der Waals surface area (Å²) in [5.41, 5.74) is 1.08. The molecule has 1 aromatic heterocycles. The molecule has 0 atom stereocenters. The van der Waals surface area contributed by atoms with E-state index >= 15 is 0 Å². The first-order chi connectivity index (χ1) is 6.68. The van der Waals surface area contributed by atoms with Gasteiger partial charge in [-0.2, -0.15) is 0 Å². The number of ether oxygens (including phenoxy) is 1. The molecule has 0 radical (unpaired) electrons. The third-order valence-electron chi connectivity index (χ3n) is 2.18. The number of pyridine rings is 1. The van der Waals surface area contributed by atoms with Crippen molar-refractivity contribution < 1.29 is 4.74 Å². The summed E-state index contributed by atoms with van der Waals surface area (Å²) in [5.74, 6) is 0.841. The maximum Gasteiger partial charge on any atom is 0.175 e. The summed E-state index contributed by atoms with van der Waals surface area (Å²) in [6.45, 7) is 1.76. The van der Waals surface area contributed by atoms with E-state index in [4.69, 9.17) is 4.74 Å². The molecule has 0 bridgehead atoms. The fourth-order valence-electron chi connectivity index (χ4n) is 1.47. The van der Waals surface area contributed by atoms with E-state index in [1.54, 1.807) is 0 Å². The predicted octanol–water partition coefficient (Wildman–Crippen LogP) is 2.83. The molecule has 1 aliphatic heterocycles. The number of nitrogens with zero attached hydrogens (tertiary/aromatic N) is 2. The van der Waals surface area contributed by atoms with Crippen LogP contribution < -0.4 is 9.64 Å². The van der Waals surface area contributed by atoms with Gasteiger partial charge in [-0.3, -0.25) is 0 Å². The topological polar surface area (TPSA) is 25.4 Å². The van der Waals surface area contributed by atoms with Gasteiger partial charge in [-0.25, -0.2) is 4.98 Å². The molecule has 0 N–H and O–H groups in total. The Bertz CT molecular complexity index is 357. The number of hydrogen-bond donors (Lipinski definition) is 0. The van der Waals surface area contributed by atoms with Gasteiger partial charge >= 0.3 is 0 Å². The number of hydrogen-bond acceptors (Lipinski definition) is 3. The van der Waals surface area contributed by atoms with E-state index in [0.717, 1.165) is 40.2 Å². The van der Waals surface area contributed by atoms with Crippen LogP contribution in [0.3, 0.4) is 0 Å². The van der Waals surface area contributed by atoms with Gasteiger partial charge in [0.25, 0.3) is 0 Å². The first-order valence-corrected chi connectivity index (χ1v) is 5.97. The minimum absolute atomic E-state index is 0.749. The van der Waals surface area contributed by atoms with Crippen molar-refractivity contribution in [2.75, 3.05) is 25.1 Å². The van der Waals surface area contributed by atoms with Crippen LogP contribution in [0.2, 0.25) is 0 Å². The van der Waals surface area contributed by atoms with Gasteiger partial charge in [0.2, 0.25) is 0 Å². The monoisotopic (exact) mass is 320 g/mol. The van der Waals surface area contributed by atoms with Crippen LogP contribution in [0.1, 0.15) is 6.42 Å². The van der Waals surface area contributed by atoms with E-state index in [9.17, 15) is 0 Å². The molecule has 1 aliphatic rings. The standard InChI is InChI=1S/C9H10Br2N2O/c1-13-3-2-4-14-8-6(13)5-7(10)12-9(8)11/h5H,2-4H2,1H3. The van der Waals surface area contributed by atoms with Crippen molar-refractivity contribution in [3.63, 3.8) is 0 Å². The molecular formula is C9H10Br2N2O. The van der Waals surface area contributed by atoms with Crippen LogP contribution in [0.15, 0.2) is 15.3 Å². The predicted molar refractivity (Wildman–Crippen MR) is 63.0 cm³/mol. The third-order valence-corrected chi connectivity index (χ3v) is 3.12. The molecular weight excluding hydrogens is 312 g/mol. The molecule has 0 aromatic carbocycles. The van der Waals surface area contributed by atoms with Crippen molar-refractivity contribution in [3.05, 3.63) is 15.3 Å². The molecule has 0 saturated carbocycles. The molecule has 0 saturated heterocycles. The van der Waals surface area contributed by atoms with E-state index in [2.05, 4.69) is 48.8 Å². The molecule has 5 heteroatoms. The zero-order valence-electron chi connectivity index (χ0n) is 7.76. The normalized spacial score (nSPS) is 15.8. The number of halogens is 2. The summed E-state index contributed by atoms with van der Waals surface area (Å²) in [4.78, 5) is 6.42. The van der Waals surface area contributed by atoms with Crippen LogP contribution in [-0.4, -0.2) is 25.2 Å². The van der Waals surface area contributed by atoms with Crippen LogP contribution in [0.5, 0.6) is 5.75 Å². The van der Waals surface area contributed by atoms with Crippen LogP contribution in [0.25, 0.3) is 0 Å². The van der Waals surface area contributed by atoms with Gasteiger partial charge in [-0.1, -0.05) is 0 Å². The lowest BCUT2D eigenvalue weighted by Gasteiger charge is -2.18. The van der Waals surface area contributed by atoms with Crippen molar-refractivity contribution in [3.8, 4) is 5.75 Å². The third kappa shape index (κ3) is 1.88. The van der Waals surface area contributed by atoms with Crippen molar-refractivity contribution in [2.45, 2.75) is 6.42 Å². The van der Waals surface area contributed by atoms with Crippen LogP contribution >= 0.6 is 31.9 Å². The van der Waals surface area contributed by atoms with Gasteiger partial charge in [0.15, 0.2) is 10.4 Å². The SMILES string of the molecule is CN1CCCOc2c1cc(Br)nc2Br. The highest BCUT2D eigenvalue weighted by atomic mass is 79.9. The zero-order valence-corrected chi connectivity index (χ0v) is 10.9. The Kier molecular flexibility index (Phi) is 2.97. The Morgan fingerprint density at radius 3 is 3.07 bits per heavy atom. The zero-order chi connectivity index (χ0) is 10.1. The summed E-state index contributed by atoms with van der Waals surface area (Å²) in [6, 6.07) is 1.98. The highest BCUT2D eigenvalue weighted by Gasteiger charge is 2.17. The summed E-state index contributed by atoms with van der Waals surface area (Å²) in [6.07, 6.45) is 1.04. The fraction of sp³-hybridized carbons (Fsp3) is 0.444. The largest absolute Gasteiger partial charge is 0.488 e. The highest BCUT2D eigenvalue weighted by molar-refractivity contribution is 9.11. The fourth-order valence-corrected chi connectivity index (χ4v) is 2.62. The maximum atomic E-state index is 5.63. The number of fused-ring (bicyclic) bond motifs is 1. The van der Waals surface area contributed by atoms with Crippen molar-refractivity contribution >= 4 is 37.5 Å². The Morgan fingerprint density at radius 2 is 2.29 bits per heavy atom. The Morgan fingerprint density at radius 1 is 1.50 bits per heavy atom. The van der Waals surface area contributed by atoms with E-state index in [1.807, 2.05) is 6.07 Å².